The molecule has 2 aromatic heterocycles. The zero-order chi connectivity index (χ0) is 13.0. The number of rotatable bonds is 3. The van der Waals surface area contributed by atoms with E-state index in [1.165, 1.54) is 18.5 Å². The molecular weight excluding hydrogens is 232 g/mol. The predicted octanol–water partition coefficient (Wildman–Crippen LogP) is 0.403. The summed E-state index contributed by atoms with van der Waals surface area (Å²) in [6.45, 7) is 2.03. The van der Waals surface area contributed by atoms with Crippen molar-refractivity contribution in [3.05, 3.63) is 58.0 Å². The third-order valence-corrected chi connectivity index (χ3v) is 2.33. The molecule has 0 aliphatic carbocycles. The first-order chi connectivity index (χ1) is 8.66. The Balaban J connectivity index is 2.05. The van der Waals surface area contributed by atoms with Crippen LogP contribution in [0.15, 0.2) is 35.5 Å². The zero-order valence-electron chi connectivity index (χ0n) is 9.80. The summed E-state index contributed by atoms with van der Waals surface area (Å²) in [5, 5.41) is 2.63. The van der Waals surface area contributed by atoms with Crippen LogP contribution in [0.3, 0.4) is 0 Å². The van der Waals surface area contributed by atoms with E-state index in [0.29, 0.717) is 11.5 Å². The Morgan fingerprint density at radius 1 is 1.44 bits per heavy atom. The van der Waals surface area contributed by atoms with Gasteiger partial charge in [-0.2, -0.15) is 0 Å². The summed E-state index contributed by atoms with van der Waals surface area (Å²) in [7, 11) is 0. The van der Waals surface area contributed by atoms with E-state index in [1.807, 2.05) is 0 Å². The molecule has 0 aliphatic heterocycles. The quantitative estimate of drug-likeness (QED) is 0.818. The number of aromatic amines is 1. The van der Waals surface area contributed by atoms with Gasteiger partial charge in [-0.05, 0) is 13.0 Å². The minimum Gasteiger partial charge on any atom is -0.367 e. The molecule has 2 rings (SSSR count). The van der Waals surface area contributed by atoms with Gasteiger partial charge < -0.3 is 10.3 Å². The average molecular weight is 244 g/mol. The third-order valence-electron chi connectivity index (χ3n) is 2.33. The molecule has 0 atom stereocenters. The van der Waals surface area contributed by atoms with Gasteiger partial charge >= 0.3 is 0 Å². The van der Waals surface area contributed by atoms with Gasteiger partial charge in [-0.25, -0.2) is 9.97 Å². The van der Waals surface area contributed by atoms with Gasteiger partial charge in [0.2, 0.25) is 0 Å². The second kappa shape index (κ2) is 5.22. The molecule has 0 aliphatic rings. The number of aryl methyl sites for hydroxylation is 1. The van der Waals surface area contributed by atoms with Crippen LogP contribution >= 0.6 is 0 Å². The topological polar surface area (TPSA) is 87.7 Å². The Morgan fingerprint density at radius 2 is 2.28 bits per heavy atom. The molecule has 92 valence electrons. The lowest BCUT2D eigenvalue weighted by atomic mass is 10.2. The van der Waals surface area contributed by atoms with Gasteiger partial charge in [0.15, 0.2) is 5.43 Å². The van der Waals surface area contributed by atoms with Crippen LogP contribution in [-0.4, -0.2) is 20.9 Å². The van der Waals surface area contributed by atoms with E-state index in [2.05, 4.69) is 20.3 Å². The fourth-order valence-corrected chi connectivity index (χ4v) is 1.46. The fourth-order valence-electron chi connectivity index (χ4n) is 1.46. The van der Waals surface area contributed by atoms with E-state index in [4.69, 9.17) is 0 Å². The predicted molar refractivity (Wildman–Crippen MR) is 65.0 cm³/mol. The van der Waals surface area contributed by atoms with Crippen molar-refractivity contribution < 1.29 is 4.79 Å². The molecule has 0 unspecified atom stereocenters. The first kappa shape index (κ1) is 12.0. The van der Waals surface area contributed by atoms with Crippen molar-refractivity contribution in [2.75, 3.05) is 0 Å². The minimum absolute atomic E-state index is 0.0864. The number of nitrogens with one attached hydrogen (secondary N) is 2. The Labute approximate surface area is 103 Å². The molecule has 0 spiro atoms. The largest absolute Gasteiger partial charge is 0.367 e. The molecule has 0 bridgehead atoms. The summed E-state index contributed by atoms with van der Waals surface area (Å²) in [5.74, 6) is 0.215. The third kappa shape index (κ3) is 2.79. The van der Waals surface area contributed by atoms with Crippen LogP contribution in [0.1, 0.15) is 21.9 Å². The maximum Gasteiger partial charge on any atom is 0.257 e. The Hall–Kier alpha value is -2.50. The number of hydrogen-bond acceptors (Lipinski definition) is 4. The van der Waals surface area contributed by atoms with Crippen molar-refractivity contribution in [3.63, 3.8) is 0 Å². The van der Waals surface area contributed by atoms with E-state index < -0.39 is 5.91 Å². The van der Waals surface area contributed by atoms with Crippen LogP contribution in [0, 0.1) is 6.92 Å². The monoisotopic (exact) mass is 244 g/mol. The molecule has 0 saturated heterocycles. The van der Waals surface area contributed by atoms with Crippen LogP contribution in [0.2, 0.25) is 0 Å². The van der Waals surface area contributed by atoms with Gasteiger partial charge in [0, 0.05) is 24.7 Å². The van der Waals surface area contributed by atoms with Crippen molar-refractivity contribution in [1.82, 2.24) is 20.3 Å². The van der Waals surface area contributed by atoms with Crippen molar-refractivity contribution in [2.24, 2.45) is 0 Å². The van der Waals surface area contributed by atoms with Crippen LogP contribution in [-0.2, 0) is 6.54 Å². The van der Waals surface area contributed by atoms with Crippen LogP contribution < -0.4 is 10.7 Å². The molecule has 18 heavy (non-hydrogen) atoms. The number of hydrogen-bond donors (Lipinski definition) is 2. The summed E-state index contributed by atoms with van der Waals surface area (Å²) >= 11 is 0. The number of H-pyrrole nitrogens is 1. The van der Waals surface area contributed by atoms with Crippen LogP contribution in [0.25, 0.3) is 0 Å². The smallest absolute Gasteiger partial charge is 0.257 e. The highest BCUT2D eigenvalue weighted by Gasteiger charge is 2.09. The normalized spacial score (nSPS) is 10.1. The second-order valence-corrected chi connectivity index (χ2v) is 3.70. The second-order valence-electron chi connectivity index (χ2n) is 3.70. The van der Waals surface area contributed by atoms with Gasteiger partial charge in [-0.1, -0.05) is 0 Å². The maximum atomic E-state index is 11.7. The highest BCUT2D eigenvalue weighted by Crippen LogP contribution is 1.95. The molecule has 1 amide bonds. The number of aromatic nitrogens is 3. The molecule has 2 heterocycles. The lowest BCUT2D eigenvalue weighted by Crippen LogP contribution is -2.28. The summed E-state index contributed by atoms with van der Waals surface area (Å²) in [6.07, 6.45) is 4.48. The molecule has 2 N–H and O–H groups in total. The maximum absolute atomic E-state index is 11.7. The molecule has 0 saturated carbocycles. The van der Waals surface area contributed by atoms with E-state index in [9.17, 15) is 9.59 Å². The molecule has 2 aromatic rings. The summed E-state index contributed by atoms with van der Waals surface area (Å²) in [6, 6.07) is 3.02. The molecule has 0 aromatic carbocycles. The molecule has 0 fully saturated rings. The van der Waals surface area contributed by atoms with Crippen LogP contribution in [0.5, 0.6) is 0 Å². The Morgan fingerprint density at radius 3 is 3.00 bits per heavy atom. The fraction of sp³-hybridized carbons (Fsp3) is 0.167. The van der Waals surface area contributed by atoms with E-state index in [1.54, 1.807) is 19.2 Å². The van der Waals surface area contributed by atoms with Gasteiger partial charge in [0.1, 0.15) is 11.4 Å². The lowest BCUT2D eigenvalue weighted by molar-refractivity contribution is 0.0949. The van der Waals surface area contributed by atoms with Crippen molar-refractivity contribution >= 4 is 5.91 Å². The minimum atomic E-state index is -0.423. The Bertz CT molecular complexity index is 621. The van der Waals surface area contributed by atoms with Gasteiger partial charge in [0.05, 0.1) is 12.2 Å². The first-order valence-electron chi connectivity index (χ1n) is 5.40. The molecule has 6 heteroatoms. The number of carbonyl (C=O) groups excluding carboxylic acids is 1. The number of pyridine rings is 1. The van der Waals surface area contributed by atoms with Crippen LogP contribution in [0.4, 0.5) is 0 Å². The summed E-state index contributed by atoms with van der Waals surface area (Å²) < 4.78 is 0. The van der Waals surface area contributed by atoms with Gasteiger partial charge in [0.25, 0.3) is 5.91 Å². The highest BCUT2D eigenvalue weighted by molar-refractivity contribution is 5.93. The number of carbonyl (C=O) groups is 1. The van der Waals surface area contributed by atoms with Crippen molar-refractivity contribution in [1.29, 1.82) is 0 Å². The van der Waals surface area contributed by atoms with Gasteiger partial charge in [-0.3, -0.25) is 9.59 Å². The summed E-state index contributed by atoms with van der Waals surface area (Å²) in [4.78, 5) is 34.0. The SMILES string of the molecule is Cc1nccc(CNC(=O)c2c[nH]ccc2=O)n1. The number of amides is 1. The molecular formula is C12H12N4O2. The molecule has 6 nitrogen and oxygen atoms in total. The van der Waals surface area contributed by atoms with E-state index >= 15 is 0 Å². The van der Waals surface area contributed by atoms with E-state index in [-0.39, 0.29) is 17.5 Å². The number of nitrogens with zero attached hydrogens (tertiary/aromatic N) is 2. The van der Waals surface area contributed by atoms with E-state index in [0.717, 1.165) is 0 Å². The first-order valence-corrected chi connectivity index (χ1v) is 5.40. The highest BCUT2D eigenvalue weighted by atomic mass is 16.2. The van der Waals surface area contributed by atoms with Gasteiger partial charge in [-0.15, -0.1) is 0 Å². The summed E-state index contributed by atoms with van der Waals surface area (Å²) in [5.41, 5.74) is 0.469. The van der Waals surface area contributed by atoms with Crippen molar-refractivity contribution in [2.45, 2.75) is 13.5 Å². The Kier molecular flexibility index (Phi) is 3.47. The molecule has 0 radical (unpaired) electrons. The average Bonchev–Trinajstić information content (AvgIpc) is 2.37. The standard InChI is InChI=1S/C12H12N4O2/c1-8-14-5-2-9(16-8)6-15-12(18)10-7-13-4-3-11(10)17/h2-5,7H,6H2,1H3,(H,13,17)(H,15,18). The lowest BCUT2D eigenvalue weighted by Gasteiger charge is -2.04. The zero-order valence-corrected chi connectivity index (χ0v) is 9.80. The van der Waals surface area contributed by atoms with Crippen molar-refractivity contribution in [3.8, 4) is 0 Å².